The number of aromatic nitrogens is 3. The smallest absolute Gasteiger partial charge is 0.416 e. The monoisotopic (exact) mass is 273 g/mol. The molecule has 0 saturated carbocycles. The van der Waals surface area contributed by atoms with Crippen LogP contribution in [0.15, 0.2) is 30.5 Å². The number of rotatable bonds is 3. The molecule has 1 heterocycles. The predicted octanol–water partition coefficient (Wildman–Crippen LogP) is 1.84. The fourth-order valence-corrected chi connectivity index (χ4v) is 1.20. The van der Waals surface area contributed by atoms with Crippen molar-refractivity contribution in [2.75, 3.05) is 0 Å². The van der Waals surface area contributed by atoms with Crippen LogP contribution in [-0.4, -0.2) is 26.2 Å². The van der Waals surface area contributed by atoms with Gasteiger partial charge in [-0.15, -0.1) is 5.10 Å². The van der Waals surface area contributed by atoms with Gasteiger partial charge in [-0.3, -0.25) is 0 Å². The Balaban J connectivity index is 2.13. The first-order valence-electron chi connectivity index (χ1n) is 4.87. The molecule has 1 aromatic heterocycles. The fraction of sp³-hybridized carbons (Fsp3) is 0.100. The predicted molar refractivity (Wildman–Crippen MR) is 54.5 cm³/mol. The summed E-state index contributed by atoms with van der Waals surface area (Å²) < 4.78 is 36.9. The molecule has 100 valence electrons. The molecule has 2 rings (SSSR count). The van der Waals surface area contributed by atoms with Crippen molar-refractivity contribution in [2.24, 2.45) is 0 Å². The molecule has 1 aromatic carbocycles. The highest BCUT2D eigenvalue weighted by Crippen LogP contribution is 2.30. The first-order valence-corrected chi connectivity index (χ1v) is 4.87. The summed E-state index contributed by atoms with van der Waals surface area (Å²) in [6, 6.07) is 3.85. The van der Waals surface area contributed by atoms with Crippen molar-refractivity contribution in [1.29, 1.82) is 0 Å². The van der Waals surface area contributed by atoms with Crippen LogP contribution < -0.4 is 4.84 Å². The van der Waals surface area contributed by atoms with Crippen molar-refractivity contribution in [1.82, 2.24) is 15.2 Å². The van der Waals surface area contributed by atoms with Crippen LogP contribution in [0.3, 0.4) is 0 Å². The number of nitrogens with zero attached hydrogens (tertiary/aromatic N) is 3. The molecule has 0 aliphatic heterocycles. The van der Waals surface area contributed by atoms with Crippen molar-refractivity contribution >= 4 is 5.97 Å². The number of aromatic carboxylic acids is 1. The summed E-state index contributed by atoms with van der Waals surface area (Å²) >= 11 is 0. The minimum atomic E-state index is -4.43. The van der Waals surface area contributed by atoms with Gasteiger partial charge in [0.15, 0.2) is 11.4 Å². The van der Waals surface area contributed by atoms with Crippen molar-refractivity contribution in [3.05, 3.63) is 41.7 Å². The number of alkyl halides is 3. The Bertz CT molecular complexity index is 592. The molecule has 2 aromatic rings. The van der Waals surface area contributed by atoms with Gasteiger partial charge >= 0.3 is 12.1 Å². The highest BCUT2D eigenvalue weighted by Gasteiger charge is 2.30. The van der Waals surface area contributed by atoms with Crippen LogP contribution in [0, 0.1) is 0 Å². The maximum atomic E-state index is 12.3. The number of carbonyl (C=O) groups is 1. The first-order chi connectivity index (χ1) is 8.86. The topological polar surface area (TPSA) is 77.2 Å². The van der Waals surface area contributed by atoms with E-state index >= 15 is 0 Å². The third-order valence-corrected chi connectivity index (χ3v) is 2.07. The lowest BCUT2D eigenvalue weighted by Gasteiger charge is -2.07. The molecule has 0 radical (unpaired) electrons. The van der Waals surface area contributed by atoms with Gasteiger partial charge in [0, 0.05) is 0 Å². The van der Waals surface area contributed by atoms with Crippen LogP contribution >= 0.6 is 0 Å². The Labute approximate surface area is 104 Å². The minimum Gasteiger partial charge on any atom is -0.476 e. The second kappa shape index (κ2) is 4.59. The van der Waals surface area contributed by atoms with Gasteiger partial charge in [-0.1, -0.05) is 4.85 Å². The summed E-state index contributed by atoms with van der Waals surface area (Å²) in [4.78, 5) is 16.3. The molecule has 0 bridgehead atoms. The van der Waals surface area contributed by atoms with Crippen LogP contribution in [0.4, 0.5) is 13.2 Å². The second-order valence-electron chi connectivity index (χ2n) is 3.42. The minimum absolute atomic E-state index is 0.0647. The van der Waals surface area contributed by atoms with Crippen LogP contribution in [0.2, 0.25) is 0 Å². The van der Waals surface area contributed by atoms with E-state index in [2.05, 4.69) is 10.3 Å². The summed E-state index contributed by atoms with van der Waals surface area (Å²) in [7, 11) is 0. The van der Waals surface area contributed by atoms with Gasteiger partial charge in [0.1, 0.15) is 6.20 Å². The fourth-order valence-electron chi connectivity index (χ4n) is 1.20. The summed E-state index contributed by atoms with van der Waals surface area (Å²) in [5, 5.41) is 15.2. The number of halogens is 3. The Morgan fingerprint density at radius 2 is 1.89 bits per heavy atom. The van der Waals surface area contributed by atoms with Crippen molar-refractivity contribution in [2.45, 2.75) is 6.18 Å². The van der Waals surface area contributed by atoms with Crippen LogP contribution in [0.25, 0.3) is 0 Å². The molecule has 0 spiro atoms. The van der Waals surface area contributed by atoms with Gasteiger partial charge in [-0.25, -0.2) is 4.79 Å². The van der Waals surface area contributed by atoms with Gasteiger partial charge in [-0.05, 0) is 29.5 Å². The van der Waals surface area contributed by atoms with E-state index in [1.54, 1.807) is 0 Å². The largest absolute Gasteiger partial charge is 0.476 e. The summed E-state index contributed by atoms with van der Waals surface area (Å²) in [6.07, 6.45) is -3.44. The third-order valence-electron chi connectivity index (χ3n) is 2.07. The molecule has 0 aliphatic carbocycles. The molecule has 9 heteroatoms. The van der Waals surface area contributed by atoms with E-state index in [1.807, 2.05) is 0 Å². The molecule has 0 atom stereocenters. The third kappa shape index (κ3) is 3.00. The zero-order valence-electron chi connectivity index (χ0n) is 9.13. The lowest BCUT2D eigenvalue weighted by atomic mass is 10.2. The molecule has 6 nitrogen and oxygen atoms in total. The average molecular weight is 273 g/mol. The van der Waals surface area contributed by atoms with Crippen LogP contribution in [0.5, 0.6) is 5.75 Å². The maximum Gasteiger partial charge on any atom is 0.416 e. The van der Waals surface area contributed by atoms with E-state index in [-0.39, 0.29) is 11.4 Å². The Morgan fingerprint density at radius 1 is 1.26 bits per heavy atom. The van der Waals surface area contributed by atoms with Crippen molar-refractivity contribution in [3.63, 3.8) is 0 Å². The molecule has 0 saturated heterocycles. The number of benzene rings is 1. The van der Waals surface area contributed by atoms with Crippen LogP contribution in [0.1, 0.15) is 16.1 Å². The summed E-state index contributed by atoms with van der Waals surface area (Å²) in [5.74, 6) is -1.22. The maximum absolute atomic E-state index is 12.3. The van der Waals surface area contributed by atoms with Crippen LogP contribution in [-0.2, 0) is 6.18 Å². The normalized spacial score (nSPS) is 11.3. The Hall–Kier alpha value is -2.58. The van der Waals surface area contributed by atoms with Crippen molar-refractivity contribution in [3.8, 4) is 5.75 Å². The lowest BCUT2D eigenvalue weighted by molar-refractivity contribution is -0.137. The zero-order valence-corrected chi connectivity index (χ0v) is 9.13. The van der Waals surface area contributed by atoms with E-state index < -0.39 is 17.7 Å². The molecule has 0 amide bonds. The molecule has 0 fully saturated rings. The number of hydrogen-bond acceptors (Lipinski definition) is 4. The number of carboxylic acids is 1. The van der Waals surface area contributed by atoms with E-state index in [9.17, 15) is 18.0 Å². The van der Waals surface area contributed by atoms with Gasteiger partial charge < -0.3 is 9.94 Å². The number of carboxylic acid groups (broad SMARTS) is 1. The van der Waals surface area contributed by atoms with E-state index in [0.717, 1.165) is 35.3 Å². The van der Waals surface area contributed by atoms with E-state index in [0.29, 0.717) is 0 Å². The Kier molecular flexibility index (Phi) is 3.11. The standard InChI is InChI=1S/C10H6F3N3O3/c11-10(12,13)6-1-3-7(4-2-6)19-16-5-8(9(17)18)14-15-16/h1-5H,(H,17,18). The van der Waals surface area contributed by atoms with Gasteiger partial charge in [0.05, 0.1) is 5.56 Å². The zero-order chi connectivity index (χ0) is 14.0. The molecule has 0 aliphatic rings. The molecular formula is C10H6F3N3O3. The summed E-state index contributed by atoms with van der Waals surface area (Å²) in [6.45, 7) is 0. The first kappa shape index (κ1) is 12.9. The van der Waals surface area contributed by atoms with E-state index in [1.165, 1.54) is 0 Å². The van der Waals surface area contributed by atoms with Gasteiger partial charge in [0.2, 0.25) is 0 Å². The van der Waals surface area contributed by atoms with Crippen molar-refractivity contribution < 1.29 is 27.9 Å². The molecule has 0 unspecified atom stereocenters. The highest BCUT2D eigenvalue weighted by molar-refractivity contribution is 5.84. The highest BCUT2D eigenvalue weighted by atomic mass is 19.4. The molecule has 1 N–H and O–H groups in total. The molecular weight excluding hydrogens is 267 g/mol. The lowest BCUT2D eigenvalue weighted by Crippen LogP contribution is -2.07. The SMILES string of the molecule is O=C(O)c1cn(Oc2ccc(C(F)(F)F)cc2)nn1. The quantitative estimate of drug-likeness (QED) is 0.923. The van der Waals surface area contributed by atoms with Gasteiger partial charge in [0.25, 0.3) is 0 Å². The summed E-state index contributed by atoms with van der Waals surface area (Å²) in [5.41, 5.74) is -1.16. The van der Waals surface area contributed by atoms with E-state index in [4.69, 9.17) is 9.94 Å². The molecule has 19 heavy (non-hydrogen) atoms. The second-order valence-corrected chi connectivity index (χ2v) is 3.42. The van der Waals surface area contributed by atoms with Gasteiger partial charge in [-0.2, -0.15) is 13.2 Å². The number of hydrogen-bond donors (Lipinski definition) is 1. The average Bonchev–Trinajstić information content (AvgIpc) is 2.77. The Morgan fingerprint density at radius 3 is 2.37 bits per heavy atom.